The lowest BCUT2D eigenvalue weighted by Gasteiger charge is -2.39. The number of hydrogen-bond acceptors (Lipinski definition) is 7. The molecule has 3 fully saturated rings. The van der Waals surface area contributed by atoms with E-state index >= 15 is 0 Å². The van der Waals surface area contributed by atoms with Crippen LogP contribution in [0.5, 0.6) is 5.88 Å². The Balaban J connectivity index is 1.20. The number of Topliss-reactive ketones (excluding diaryl/α,β-unsaturated/α-hetero) is 1. The fraction of sp³-hybridized carbons (Fsp3) is 0.636. The van der Waals surface area contributed by atoms with Crippen molar-refractivity contribution in [3.05, 3.63) is 30.6 Å². The van der Waals surface area contributed by atoms with Crippen LogP contribution in [0.2, 0.25) is 0 Å². The van der Waals surface area contributed by atoms with Gasteiger partial charge in [-0.2, -0.15) is 5.10 Å². The molecule has 0 amide bonds. The van der Waals surface area contributed by atoms with E-state index in [4.69, 9.17) is 4.74 Å². The van der Waals surface area contributed by atoms with Gasteiger partial charge < -0.3 is 4.74 Å². The molecule has 0 spiro atoms. The summed E-state index contributed by atoms with van der Waals surface area (Å²) in [5.74, 6) is 1.40. The Hall–Kier alpha value is -2.33. The molecule has 2 bridgehead atoms. The van der Waals surface area contributed by atoms with E-state index in [1.807, 2.05) is 6.07 Å². The van der Waals surface area contributed by atoms with Crippen molar-refractivity contribution in [1.82, 2.24) is 24.3 Å². The molecule has 2 atom stereocenters. The first-order valence-corrected chi connectivity index (χ1v) is 12.8. The van der Waals surface area contributed by atoms with Gasteiger partial charge in [-0.25, -0.2) is 17.4 Å². The lowest BCUT2D eigenvalue weighted by atomic mass is 9.70. The van der Waals surface area contributed by atoms with Gasteiger partial charge in [0.2, 0.25) is 15.9 Å². The Labute approximate surface area is 188 Å². The average Bonchev–Trinajstić information content (AvgIpc) is 3.42. The number of carbonyl (C=O) groups excluding carboxylic acids is 1. The molecular formula is C22H29N5O4S. The first kappa shape index (κ1) is 21.5. The van der Waals surface area contributed by atoms with E-state index < -0.39 is 15.4 Å². The lowest BCUT2D eigenvalue weighted by molar-refractivity contribution is -0.128. The van der Waals surface area contributed by atoms with Crippen molar-refractivity contribution < 1.29 is 17.9 Å². The number of rotatable bonds is 6. The third kappa shape index (κ3) is 3.44. The van der Waals surface area contributed by atoms with E-state index in [2.05, 4.69) is 29.1 Å². The van der Waals surface area contributed by atoms with Gasteiger partial charge in [0.15, 0.2) is 5.82 Å². The van der Waals surface area contributed by atoms with Crippen LogP contribution >= 0.6 is 0 Å². The molecule has 5 rings (SSSR count). The summed E-state index contributed by atoms with van der Waals surface area (Å²) in [6.07, 6.45) is 6.65. The van der Waals surface area contributed by atoms with Crippen molar-refractivity contribution in [2.45, 2.75) is 52.1 Å². The summed E-state index contributed by atoms with van der Waals surface area (Å²) in [4.78, 5) is 12.8. The number of hydrogen-bond donors (Lipinski definition) is 0. The third-order valence-electron chi connectivity index (χ3n) is 8.01. The molecule has 10 heteroatoms. The number of aromatic nitrogens is 4. The molecule has 2 saturated carbocycles. The molecule has 0 N–H and O–H groups in total. The number of sulfonamides is 1. The van der Waals surface area contributed by atoms with Gasteiger partial charge in [0, 0.05) is 43.4 Å². The van der Waals surface area contributed by atoms with Crippen molar-refractivity contribution >= 4 is 15.8 Å². The monoisotopic (exact) mass is 459 g/mol. The molecule has 32 heavy (non-hydrogen) atoms. The van der Waals surface area contributed by atoms with Gasteiger partial charge in [0.25, 0.3) is 0 Å². The first-order valence-electron chi connectivity index (χ1n) is 11.2. The maximum Gasteiger partial charge on any atom is 0.233 e. The number of ether oxygens (including phenoxy) is 1. The van der Waals surface area contributed by atoms with Crippen molar-refractivity contribution in [1.29, 1.82) is 0 Å². The molecule has 3 heterocycles. The van der Waals surface area contributed by atoms with Crippen LogP contribution in [0.15, 0.2) is 30.6 Å². The van der Waals surface area contributed by atoms with Crippen molar-refractivity contribution in [3.8, 4) is 11.7 Å². The summed E-state index contributed by atoms with van der Waals surface area (Å²) < 4.78 is 35.6. The molecule has 3 aliphatic rings. The molecule has 1 saturated heterocycles. The predicted molar refractivity (Wildman–Crippen MR) is 117 cm³/mol. The zero-order chi connectivity index (χ0) is 22.6. The second-order valence-electron chi connectivity index (χ2n) is 9.82. The van der Waals surface area contributed by atoms with Gasteiger partial charge in [-0.1, -0.05) is 13.8 Å². The Morgan fingerprint density at radius 2 is 1.94 bits per heavy atom. The standard InChI is InChI=1S/C22H29N5O4S/c1-21(2)16-6-9-22(21,18(28)14-16)15-32(29,30)26-12-7-17(8-13-26)31-20-5-4-19(24-25-20)27-11-3-10-23-27/h3-5,10-11,16-17H,6-9,12-15H2,1-2H3. The number of piperidine rings is 1. The average molecular weight is 460 g/mol. The van der Waals surface area contributed by atoms with E-state index in [9.17, 15) is 13.2 Å². The summed E-state index contributed by atoms with van der Waals surface area (Å²) in [7, 11) is -3.52. The fourth-order valence-electron chi connectivity index (χ4n) is 5.81. The summed E-state index contributed by atoms with van der Waals surface area (Å²) >= 11 is 0. The molecule has 0 aromatic carbocycles. The normalized spacial score (nSPS) is 28.3. The molecule has 2 aliphatic carbocycles. The minimum absolute atomic E-state index is 0.0613. The van der Waals surface area contributed by atoms with Crippen LogP contribution in [0, 0.1) is 16.7 Å². The topological polar surface area (TPSA) is 107 Å². The smallest absolute Gasteiger partial charge is 0.233 e. The highest BCUT2D eigenvalue weighted by molar-refractivity contribution is 7.89. The summed E-state index contributed by atoms with van der Waals surface area (Å²) in [5.41, 5.74) is -0.977. The predicted octanol–water partition coefficient (Wildman–Crippen LogP) is 2.23. The van der Waals surface area contributed by atoms with Crippen molar-refractivity contribution in [2.24, 2.45) is 16.7 Å². The van der Waals surface area contributed by atoms with E-state index in [1.54, 1.807) is 33.5 Å². The maximum atomic E-state index is 13.3. The van der Waals surface area contributed by atoms with Gasteiger partial charge in [-0.3, -0.25) is 4.79 Å². The molecule has 9 nitrogen and oxygen atoms in total. The first-order chi connectivity index (χ1) is 15.2. The number of nitrogens with zero attached hydrogens (tertiary/aromatic N) is 5. The second kappa shape index (κ2) is 7.62. The Bertz CT molecular complexity index is 1090. The molecule has 2 aromatic heterocycles. The zero-order valence-corrected chi connectivity index (χ0v) is 19.3. The molecule has 0 radical (unpaired) electrons. The van der Waals surface area contributed by atoms with Gasteiger partial charge in [0.05, 0.1) is 5.75 Å². The second-order valence-corrected chi connectivity index (χ2v) is 11.8. The summed E-state index contributed by atoms with van der Waals surface area (Å²) in [5, 5.41) is 12.4. The third-order valence-corrected chi connectivity index (χ3v) is 10.0. The molecular weight excluding hydrogens is 430 g/mol. The van der Waals surface area contributed by atoms with Gasteiger partial charge >= 0.3 is 0 Å². The molecule has 2 aromatic rings. The highest BCUT2D eigenvalue weighted by atomic mass is 32.2. The van der Waals surface area contributed by atoms with Crippen molar-refractivity contribution in [2.75, 3.05) is 18.8 Å². The largest absolute Gasteiger partial charge is 0.473 e. The van der Waals surface area contributed by atoms with Crippen LogP contribution in [0.4, 0.5) is 0 Å². The Morgan fingerprint density at radius 1 is 1.16 bits per heavy atom. The van der Waals surface area contributed by atoms with E-state index in [-0.39, 0.29) is 23.1 Å². The van der Waals surface area contributed by atoms with Gasteiger partial charge in [-0.05, 0) is 49.1 Å². The van der Waals surface area contributed by atoms with Gasteiger partial charge in [-0.15, -0.1) is 10.2 Å². The van der Waals surface area contributed by atoms with Crippen LogP contribution in [-0.2, 0) is 14.8 Å². The van der Waals surface area contributed by atoms with E-state index in [0.717, 1.165) is 6.42 Å². The van der Waals surface area contributed by atoms with Crippen LogP contribution in [0.1, 0.15) is 46.0 Å². The number of fused-ring (bicyclic) bond motifs is 2. The van der Waals surface area contributed by atoms with E-state index in [0.29, 0.717) is 56.4 Å². The number of ketones is 1. The Kier molecular flexibility index (Phi) is 5.12. The van der Waals surface area contributed by atoms with Gasteiger partial charge in [0.1, 0.15) is 11.9 Å². The summed E-state index contributed by atoms with van der Waals surface area (Å²) in [6.45, 7) is 4.92. The lowest BCUT2D eigenvalue weighted by Crippen LogP contribution is -2.49. The van der Waals surface area contributed by atoms with Crippen LogP contribution in [0.25, 0.3) is 5.82 Å². The highest BCUT2D eigenvalue weighted by Gasteiger charge is 2.65. The minimum Gasteiger partial charge on any atom is -0.473 e. The quantitative estimate of drug-likeness (QED) is 0.652. The summed E-state index contributed by atoms with van der Waals surface area (Å²) in [6, 6.07) is 5.34. The van der Waals surface area contributed by atoms with Crippen molar-refractivity contribution in [3.63, 3.8) is 0 Å². The highest BCUT2D eigenvalue weighted by Crippen LogP contribution is 2.64. The molecule has 1 aliphatic heterocycles. The SMILES string of the molecule is CC1(C)C2CCC1(CS(=O)(=O)N1CCC(Oc3ccc(-n4cccn4)nn3)CC1)C(=O)C2. The van der Waals surface area contributed by atoms with Crippen LogP contribution < -0.4 is 4.74 Å². The maximum absolute atomic E-state index is 13.3. The fourth-order valence-corrected chi connectivity index (χ4v) is 8.06. The Morgan fingerprint density at radius 3 is 2.50 bits per heavy atom. The van der Waals surface area contributed by atoms with Crippen LogP contribution in [0.3, 0.4) is 0 Å². The zero-order valence-electron chi connectivity index (χ0n) is 18.5. The minimum atomic E-state index is -3.52. The number of carbonyl (C=O) groups is 1. The molecule has 2 unspecified atom stereocenters. The molecule has 172 valence electrons. The van der Waals surface area contributed by atoms with E-state index in [1.165, 1.54) is 0 Å². The van der Waals surface area contributed by atoms with Crippen LogP contribution in [-0.4, -0.2) is 63.4 Å².